The Morgan fingerprint density at radius 2 is 2.30 bits per heavy atom. The van der Waals surface area contributed by atoms with Gasteiger partial charge in [-0.25, -0.2) is 9.78 Å². The van der Waals surface area contributed by atoms with E-state index in [9.17, 15) is 4.79 Å². The number of hydrogen-bond donors (Lipinski definition) is 2. The number of hydrogen-bond acceptors (Lipinski definition) is 4. The highest BCUT2D eigenvalue weighted by Crippen LogP contribution is 2.18. The molecule has 2 aromatic heterocycles. The van der Waals surface area contributed by atoms with Gasteiger partial charge in [0.1, 0.15) is 0 Å². The lowest BCUT2D eigenvalue weighted by atomic mass is 10.2. The van der Waals surface area contributed by atoms with Crippen molar-refractivity contribution >= 4 is 17.4 Å². The van der Waals surface area contributed by atoms with E-state index >= 15 is 0 Å². The number of carbonyl (C=O) groups is 1. The van der Waals surface area contributed by atoms with Gasteiger partial charge in [0, 0.05) is 23.2 Å². The van der Waals surface area contributed by atoms with Crippen LogP contribution in [0.15, 0.2) is 35.8 Å². The van der Waals surface area contributed by atoms with E-state index in [2.05, 4.69) is 15.6 Å². The molecule has 0 saturated carbocycles. The number of thiophene rings is 1. The van der Waals surface area contributed by atoms with E-state index in [0.29, 0.717) is 12.4 Å². The van der Waals surface area contributed by atoms with Crippen LogP contribution in [-0.2, 0) is 6.54 Å². The van der Waals surface area contributed by atoms with E-state index < -0.39 is 0 Å². The van der Waals surface area contributed by atoms with Gasteiger partial charge >= 0.3 is 6.03 Å². The van der Waals surface area contributed by atoms with Crippen molar-refractivity contribution in [3.05, 3.63) is 46.3 Å². The normalized spacial score (nSPS) is 11.7. The number of rotatable bonds is 5. The van der Waals surface area contributed by atoms with Crippen LogP contribution < -0.4 is 15.4 Å². The van der Waals surface area contributed by atoms with Crippen LogP contribution in [0.2, 0.25) is 0 Å². The molecule has 20 heavy (non-hydrogen) atoms. The van der Waals surface area contributed by atoms with E-state index in [4.69, 9.17) is 4.74 Å². The predicted octanol–water partition coefficient (Wildman–Crippen LogP) is 2.71. The summed E-state index contributed by atoms with van der Waals surface area (Å²) in [5, 5.41) is 7.68. The number of nitrogens with one attached hydrogen (secondary N) is 2. The molecule has 6 heteroatoms. The van der Waals surface area contributed by atoms with Crippen LogP contribution >= 0.6 is 11.3 Å². The second kappa shape index (κ2) is 6.91. The minimum Gasteiger partial charge on any atom is -0.481 e. The van der Waals surface area contributed by atoms with E-state index in [1.807, 2.05) is 36.6 Å². The summed E-state index contributed by atoms with van der Waals surface area (Å²) in [6, 6.07) is 7.43. The lowest BCUT2D eigenvalue weighted by Crippen LogP contribution is -2.36. The Kier molecular flexibility index (Phi) is 4.95. The number of carbonyl (C=O) groups excluding carboxylic acids is 1. The molecule has 5 nitrogen and oxygen atoms in total. The Balaban J connectivity index is 1.86. The molecule has 106 valence electrons. The zero-order valence-corrected chi connectivity index (χ0v) is 12.2. The van der Waals surface area contributed by atoms with Gasteiger partial charge in [0.25, 0.3) is 0 Å². The molecule has 2 rings (SSSR count). The first-order valence-corrected chi connectivity index (χ1v) is 7.14. The molecule has 0 radical (unpaired) electrons. The topological polar surface area (TPSA) is 63.2 Å². The highest BCUT2D eigenvalue weighted by molar-refractivity contribution is 7.10. The van der Waals surface area contributed by atoms with Gasteiger partial charge in [0.15, 0.2) is 0 Å². The molecule has 0 aliphatic carbocycles. The van der Waals surface area contributed by atoms with Gasteiger partial charge < -0.3 is 15.4 Å². The number of amides is 2. The van der Waals surface area contributed by atoms with Crippen molar-refractivity contribution in [1.82, 2.24) is 15.6 Å². The highest BCUT2D eigenvalue weighted by Gasteiger charge is 2.10. The molecule has 0 aromatic carbocycles. The van der Waals surface area contributed by atoms with Crippen LogP contribution in [0.3, 0.4) is 0 Å². The average Bonchev–Trinajstić information content (AvgIpc) is 2.99. The van der Waals surface area contributed by atoms with Crippen LogP contribution in [0, 0.1) is 0 Å². The van der Waals surface area contributed by atoms with E-state index in [-0.39, 0.29) is 12.1 Å². The number of aromatic nitrogens is 1. The van der Waals surface area contributed by atoms with Crippen molar-refractivity contribution in [2.45, 2.75) is 19.5 Å². The van der Waals surface area contributed by atoms with Crippen molar-refractivity contribution in [2.75, 3.05) is 7.11 Å². The van der Waals surface area contributed by atoms with Gasteiger partial charge in [-0.2, -0.15) is 0 Å². The quantitative estimate of drug-likeness (QED) is 0.890. The van der Waals surface area contributed by atoms with Crippen molar-refractivity contribution in [2.24, 2.45) is 0 Å². The molecule has 0 aliphatic heterocycles. The van der Waals surface area contributed by atoms with Crippen molar-refractivity contribution in [3.8, 4) is 5.88 Å². The lowest BCUT2D eigenvalue weighted by molar-refractivity contribution is 0.237. The molecule has 1 atom stereocenters. The summed E-state index contributed by atoms with van der Waals surface area (Å²) < 4.78 is 5.14. The summed E-state index contributed by atoms with van der Waals surface area (Å²) in [6.45, 7) is 2.33. The molecule has 0 aliphatic rings. The Morgan fingerprint density at radius 1 is 1.45 bits per heavy atom. The van der Waals surface area contributed by atoms with E-state index in [0.717, 1.165) is 10.4 Å². The first kappa shape index (κ1) is 14.3. The summed E-state index contributed by atoms with van der Waals surface area (Å²) in [6.07, 6.45) is 1.65. The Hall–Kier alpha value is -2.08. The molecule has 0 spiro atoms. The third-order valence-electron chi connectivity index (χ3n) is 2.80. The highest BCUT2D eigenvalue weighted by atomic mass is 32.1. The molecule has 2 amide bonds. The molecule has 2 heterocycles. The Labute approximate surface area is 122 Å². The SMILES string of the molecule is COc1ncccc1CNC(=O)N[C@@H](C)c1cccs1. The monoisotopic (exact) mass is 291 g/mol. The van der Waals surface area contributed by atoms with Gasteiger partial charge in [-0.3, -0.25) is 0 Å². The minimum atomic E-state index is -0.211. The molecular formula is C14H17N3O2S. The number of ether oxygens (including phenoxy) is 1. The Bertz CT molecular complexity index is 557. The fraction of sp³-hybridized carbons (Fsp3) is 0.286. The molecule has 0 saturated heterocycles. The van der Waals surface area contributed by atoms with Crippen molar-refractivity contribution in [3.63, 3.8) is 0 Å². The van der Waals surface area contributed by atoms with E-state index in [1.54, 1.807) is 24.6 Å². The zero-order chi connectivity index (χ0) is 14.4. The summed E-state index contributed by atoms with van der Waals surface area (Å²) >= 11 is 1.62. The van der Waals surface area contributed by atoms with Crippen molar-refractivity contribution in [1.29, 1.82) is 0 Å². The number of urea groups is 1. The summed E-state index contributed by atoms with van der Waals surface area (Å²) in [5.74, 6) is 0.527. The molecule has 0 unspecified atom stereocenters. The number of methoxy groups -OCH3 is 1. The Morgan fingerprint density at radius 3 is 3.00 bits per heavy atom. The summed E-state index contributed by atoms with van der Waals surface area (Å²) in [5.41, 5.74) is 0.842. The van der Waals surface area contributed by atoms with Crippen LogP contribution in [0.4, 0.5) is 4.79 Å². The first-order valence-electron chi connectivity index (χ1n) is 6.26. The summed E-state index contributed by atoms with van der Waals surface area (Å²) in [4.78, 5) is 17.1. The fourth-order valence-electron chi connectivity index (χ4n) is 1.77. The first-order chi connectivity index (χ1) is 9.70. The zero-order valence-electron chi connectivity index (χ0n) is 11.4. The molecule has 0 fully saturated rings. The fourth-order valence-corrected chi connectivity index (χ4v) is 2.51. The second-order valence-corrected chi connectivity index (χ2v) is 5.22. The van der Waals surface area contributed by atoms with Gasteiger partial charge in [-0.1, -0.05) is 12.1 Å². The predicted molar refractivity (Wildman–Crippen MR) is 78.9 cm³/mol. The van der Waals surface area contributed by atoms with Crippen LogP contribution in [0.1, 0.15) is 23.4 Å². The molecule has 2 aromatic rings. The van der Waals surface area contributed by atoms with Crippen LogP contribution in [-0.4, -0.2) is 18.1 Å². The lowest BCUT2D eigenvalue weighted by Gasteiger charge is -2.14. The maximum atomic E-state index is 11.8. The number of pyridine rings is 1. The summed E-state index contributed by atoms with van der Waals surface area (Å²) in [7, 11) is 1.56. The van der Waals surface area contributed by atoms with Crippen LogP contribution in [0.5, 0.6) is 5.88 Å². The molecular weight excluding hydrogens is 274 g/mol. The largest absolute Gasteiger partial charge is 0.481 e. The maximum absolute atomic E-state index is 11.8. The van der Waals surface area contributed by atoms with Gasteiger partial charge in [-0.15, -0.1) is 11.3 Å². The van der Waals surface area contributed by atoms with Gasteiger partial charge in [0.2, 0.25) is 5.88 Å². The maximum Gasteiger partial charge on any atom is 0.315 e. The van der Waals surface area contributed by atoms with Gasteiger partial charge in [-0.05, 0) is 24.4 Å². The number of nitrogens with zero attached hydrogens (tertiary/aromatic N) is 1. The van der Waals surface area contributed by atoms with Gasteiger partial charge in [0.05, 0.1) is 13.2 Å². The second-order valence-electron chi connectivity index (χ2n) is 4.24. The third kappa shape index (κ3) is 3.71. The third-order valence-corrected chi connectivity index (χ3v) is 3.86. The minimum absolute atomic E-state index is 0.00852. The molecule has 2 N–H and O–H groups in total. The van der Waals surface area contributed by atoms with E-state index in [1.165, 1.54) is 0 Å². The standard InChI is InChI=1S/C14H17N3O2S/c1-10(12-6-4-8-20-12)17-14(18)16-9-11-5-3-7-15-13(11)19-2/h3-8,10H,9H2,1-2H3,(H2,16,17,18)/t10-/m0/s1. The average molecular weight is 291 g/mol. The van der Waals surface area contributed by atoms with Crippen molar-refractivity contribution < 1.29 is 9.53 Å². The smallest absolute Gasteiger partial charge is 0.315 e. The molecule has 0 bridgehead atoms. The van der Waals surface area contributed by atoms with Crippen LogP contribution in [0.25, 0.3) is 0 Å².